The lowest BCUT2D eigenvalue weighted by molar-refractivity contribution is -0.126. The van der Waals surface area contributed by atoms with E-state index in [0.717, 1.165) is 0 Å². The Hall–Kier alpha value is -1.58. The molecule has 1 aliphatic heterocycles. The molecule has 0 radical (unpaired) electrons. The smallest absolute Gasteiger partial charge is 0.232 e. The molecule has 3 nitrogen and oxygen atoms in total. The minimum atomic E-state index is -0.595. The normalized spacial score (nSPS) is 20.9. The lowest BCUT2D eigenvalue weighted by Gasteiger charge is -2.39. The van der Waals surface area contributed by atoms with Gasteiger partial charge in [0.1, 0.15) is 5.82 Å². The zero-order valence-corrected chi connectivity index (χ0v) is 10.5. The van der Waals surface area contributed by atoms with Crippen LogP contribution in [0.15, 0.2) is 18.2 Å². The van der Waals surface area contributed by atoms with Crippen molar-refractivity contribution in [3.05, 3.63) is 24.0 Å². The first kappa shape index (κ1) is 11.9. The second kappa shape index (κ2) is 3.45. The van der Waals surface area contributed by atoms with Crippen LogP contribution in [0, 0.1) is 11.2 Å². The van der Waals surface area contributed by atoms with Crippen LogP contribution in [0.1, 0.15) is 27.7 Å². The molecule has 1 aromatic carbocycles. The summed E-state index contributed by atoms with van der Waals surface area (Å²) in [6, 6.07) is 4.32. The van der Waals surface area contributed by atoms with Crippen molar-refractivity contribution in [2.75, 3.05) is 10.6 Å². The van der Waals surface area contributed by atoms with Crippen molar-refractivity contribution in [3.63, 3.8) is 0 Å². The highest BCUT2D eigenvalue weighted by atomic mass is 19.1. The SMILES string of the molecule is CC1(C)Nc2cc(F)ccc2NC(=O)C1(C)C. The third kappa shape index (κ3) is 1.77. The molecule has 0 saturated heterocycles. The summed E-state index contributed by atoms with van der Waals surface area (Å²) in [5.41, 5.74) is 0.183. The fourth-order valence-corrected chi connectivity index (χ4v) is 1.78. The van der Waals surface area contributed by atoms with Crippen LogP contribution in [0.5, 0.6) is 0 Å². The van der Waals surface area contributed by atoms with Crippen LogP contribution in [0.2, 0.25) is 0 Å². The number of carbonyl (C=O) groups is 1. The monoisotopic (exact) mass is 236 g/mol. The molecule has 0 aromatic heterocycles. The van der Waals surface area contributed by atoms with Gasteiger partial charge in [-0.15, -0.1) is 0 Å². The van der Waals surface area contributed by atoms with Crippen LogP contribution in [0.4, 0.5) is 15.8 Å². The quantitative estimate of drug-likeness (QED) is 0.727. The number of hydrogen-bond acceptors (Lipinski definition) is 2. The van der Waals surface area contributed by atoms with Crippen molar-refractivity contribution >= 4 is 17.3 Å². The van der Waals surface area contributed by atoms with E-state index < -0.39 is 11.0 Å². The molecule has 92 valence electrons. The van der Waals surface area contributed by atoms with E-state index in [9.17, 15) is 9.18 Å². The molecule has 1 aromatic rings. The molecule has 0 bridgehead atoms. The van der Waals surface area contributed by atoms with E-state index in [1.54, 1.807) is 6.07 Å². The Morgan fingerprint density at radius 3 is 2.41 bits per heavy atom. The van der Waals surface area contributed by atoms with Gasteiger partial charge in [-0.25, -0.2) is 4.39 Å². The molecule has 0 unspecified atom stereocenters. The number of carbonyl (C=O) groups excluding carboxylic acids is 1. The number of hydrogen-bond donors (Lipinski definition) is 2. The fraction of sp³-hybridized carbons (Fsp3) is 0.462. The average Bonchev–Trinajstić information content (AvgIpc) is 2.25. The van der Waals surface area contributed by atoms with Gasteiger partial charge in [-0.05, 0) is 45.9 Å². The first-order valence-corrected chi connectivity index (χ1v) is 5.63. The van der Waals surface area contributed by atoms with E-state index in [1.165, 1.54) is 12.1 Å². The van der Waals surface area contributed by atoms with Gasteiger partial charge in [-0.3, -0.25) is 4.79 Å². The summed E-state index contributed by atoms with van der Waals surface area (Å²) in [5, 5.41) is 6.06. The predicted molar refractivity (Wildman–Crippen MR) is 66.5 cm³/mol. The van der Waals surface area contributed by atoms with E-state index in [1.807, 2.05) is 27.7 Å². The summed E-state index contributed by atoms with van der Waals surface area (Å²) in [4.78, 5) is 12.2. The van der Waals surface area contributed by atoms with Crippen LogP contribution in [-0.2, 0) is 4.79 Å². The number of anilines is 2. The Morgan fingerprint density at radius 2 is 1.76 bits per heavy atom. The van der Waals surface area contributed by atoms with Crippen LogP contribution in [-0.4, -0.2) is 11.4 Å². The Bertz CT molecular complexity index is 480. The fourth-order valence-electron chi connectivity index (χ4n) is 1.78. The second-order valence-corrected chi connectivity index (χ2v) is 5.52. The van der Waals surface area contributed by atoms with Gasteiger partial charge in [-0.2, -0.15) is 0 Å². The number of benzene rings is 1. The van der Waals surface area contributed by atoms with Crippen LogP contribution in [0.25, 0.3) is 0 Å². The van der Waals surface area contributed by atoms with Crippen molar-refractivity contribution in [1.82, 2.24) is 0 Å². The number of rotatable bonds is 0. The third-order valence-electron chi connectivity index (χ3n) is 3.81. The van der Waals surface area contributed by atoms with Gasteiger partial charge in [0.2, 0.25) is 5.91 Å². The average molecular weight is 236 g/mol. The second-order valence-electron chi connectivity index (χ2n) is 5.52. The Balaban J connectivity index is 2.55. The Labute approximate surface area is 100 Å². The maximum atomic E-state index is 13.2. The van der Waals surface area contributed by atoms with E-state index in [2.05, 4.69) is 10.6 Å². The number of amides is 1. The third-order valence-corrected chi connectivity index (χ3v) is 3.81. The van der Waals surface area contributed by atoms with Gasteiger partial charge >= 0.3 is 0 Å². The molecule has 2 N–H and O–H groups in total. The Kier molecular flexibility index (Phi) is 2.42. The molecule has 0 fully saturated rings. The number of fused-ring (bicyclic) bond motifs is 1. The first-order chi connectivity index (χ1) is 7.74. The lowest BCUT2D eigenvalue weighted by atomic mass is 9.74. The minimum Gasteiger partial charge on any atom is -0.377 e. The van der Waals surface area contributed by atoms with E-state index in [0.29, 0.717) is 11.4 Å². The summed E-state index contributed by atoms with van der Waals surface area (Å²) in [7, 11) is 0. The summed E-state index contributed by atoms with van der Waals surface area (Å²) >= 11 is 0. The topological polar surface area (TPSA) is 41.1 Å². The zero-order chi connectivity index (χ0) is 12.8. The summed E-state index contributed by atoms with van der Waals surface area (Å²) in [6.45, 7) is 7.62. The van der Waals surface area contributed by atoms with Gasteiger partial charge in [0.25, 0.3) is 0 Å². The highest BCUT2D eigenvalue weighted by Crippen LogP contribution is 2.40. The number of halogens is 1. The standard InChI is InChI=1S/C13H17FN2O/c1-12(2)11(17)15-9-6-5-8(14)7-10(9)16-13(12,3)4/h5-7,16H,1-4H3,(H,15,17). The van der Waals surface area contributed by atoms with Crippen LogP contribution in [0.3, 0.4) is 0 Å². The maximum absolute atomic E-state index is 13.2. The molecule has 17 heavy (non-hydrogen) atoms. The molecule has 1 heterocycles. The van der Waals surface area contributed by atoms with Gasteiger partial charge in [0.05, 0.1) is 16.8 Å². The van der Waals surface area contributed by atoms with Crippen LogP contribution >= 0.6 is 0 Å². The maximum Gasteiger partial charge on any atom is 0.232 e. The van der Waals surface area contributed by atoms with Crippen LogP contribution < -0.4 is 10.6 Å². The first-order valence-electron chi connectivity index (χ1n) is 5.63. The predicted octanol–water partition coefficient (Wildman–Crippen LogP) is 2.99. The van der Waals surface area contributed by atoms with Gasteiger partial charge in [0, 0.05) is 5.54 Å². The minimum absolute atomic E-state index is 0.0691. The largest absolute Gasteiger partial charge is 0.377 e. The molecule has 0 atom stereocenters. The van der Waals surface area contributed by atoms with Gasteiger partial charge < -0.3 is 10.6 Å². The van der Waals surface area contributed by atoms with Crippen molar-refractivity contribution in [2.45, 2.75) is 33.2 Å². The van der Waals surface area contributed by atoms with Crippen molar-refractivity contribution in [3.8, 4) is 0 Å². The van der Waals surface area contributed by atoms with Crippen molar-refractivity contribution < 1.29 is 9.18 Å². The molecule has 0 aliphatic carbocycles. The Morgan fingerprint density at radius 1 is 1.12 bits per heavy atom. The summed E-state index contributed by atoms with van der Waals surface area (Å²) in [6.07, 6.45) is 0. The molecule has 0 saturated carbocycles. The van der Waals surface area contributed by atoms with Crippen molar-refractivity contribution in [1.29, 1.82) is 0 Å². The molecule has 2 rings (SSSR count). The molecule has 1 aliphatic rings. The van der Waals surface area contributed by atoms with E-state index in [-0.39, 0.29) is 11.7 Å². The zero-order valence-electron chi connectivity index (χ0n) is 10.5. The highest BCUT2D eigenvalue weighted by Gasteiger charge is 2.45. The molecular formula is C13H17FN2O. The van der Waals surface area contributed by atoms with Gasteiger partial charge in [-0.1, -0.05) is 0 Å². The van der Waals surface area contributed by atoms with Gasteiger partial charge in [0.15, 0.2) is 0 Å². The summed E-state index contributed by atoms with van der Waals surface area (Å²) in [5.74, 6) is -0.388. The molecule has 1 amide bonds. The molecule has 0 spiro atoms. The lowest BCUT2D eigenvalue weighted by Crippen LogP contribution is -2.50. The van der Waals surface area contributed by atoms with E-state index in [4.69, 9.17) is 0 Å². The summed E-state index contributed by atoms with van der Waals surface area (Å²) < 4.78 is 13.2. The van der Waals surface area contributed by atoms with Crippen molar-refractivity contribution in [2.24, 2.45) is 5.41 Å². The van der Waals surface area contributed by atoms with E-state index >= 15 is 0 Å². The number of nitrogens with one attached hydrogen (secondary N) is 2. The molecule has 4 heteroatoms. The highest BCUT2D eigenvalue weighted by molar-refractivity contribution is 6.00. The molecular weight excluding hydrogens is 219 g/mol.